The summed E-state index contributed by atoms with van der Waals surface area (Å²) in [6, 6.07) is 5.44. The van der Waals surface area contributed by atoms with Crippen molar-refractivity contribution in [3.8, 4) is 0 Å². The van der Waals surface area contributed by atoms with Crippen LogP contribution in [0.3, 0.4) is 0 Å². The zero-order chi connectivity index (χ0) is 15.5. The van der Waals surface area contributed by atoms with Gasteiger partial charge in [0.05, 0.1) is 5.69 Å². The van der Waals surface area contributed by atoms with Crippen molar-refractivity contribution in [1.29, 1.82) is 0 Å². The number of benzene rings is 1. The summed E-state index contributed by atoms with van der Waals surface area (Å²) >= 11 is 0. The molecule has 1 aromatic carbocycles. The molecule has 0 bridgehead atoms. The Morgan fingerprint density at radius 1 is 1.24 bits per heavy atom. The molecule has 1 atom stereocenters. The van der Waals surface area contributed by atoms with Crippen LogP contribution in [0.2, 0.25) is 0 Å². The average molecular weight is 292 g/mol. The van der Waals surface area contributed by atoms with Crippen LogP contribution >= 0.6 is 0 Å². The van der Waals surface area contributed by atoms with Crippen LogP contribution in [0.15, 0.2) is 18.2 Å². The molecular weight excluding hydrogens is 263 g/mol. The molecule has 1 fully saturated rings. The number of anilines is 1. The quantitative estimate of drug-likeness (QED) is 0.884. The van der Waals surface area contributed by atoms with Crippen LogP contribution in [-0.4, -0.2) is 19.1 Å². The lowest BCUT2D eigenvalue weighted by Gasteiger charge is -2.42. The van der Waals surface area contributed by atoms with E-state index in [9.17, 15) is 4.39 Å². The minimum atomic E-state index is -0.103. The van der Waals surface area contributed by atoms with Crippen molar-refractivity contribution in [2.75, 3.05) is 18.0 Å². The zero-order valence-electron chi connectivity index (χ0n) is 13.7. The molecule has 0 aliphatic carbocycles. The van der Waals surface area contributed by atoms with Crippen LogP contribution in [0.25, 0.3) is 0 Å². The molecule has 2 N–H and O–H groups in total. The van der Waals surface area contributed by atoms with E-state index >= 15 is 0 Å². The van der Waals surface area contributed by atoms with Gasteiger partial charge < -0.3 is 10.6 Å². The first-order chi connectivity index (χ1) is 10.0. The van der Waals surface area contributed by atoms with Gasteiger partial charge in [0.25, 0.3) is 0 Å². The highest BCUT2D eigenvalue weighted by Crippen LogP contribution is 2.40. The van der Waals surface area contributed by atoms with Crippen LogP contribution in [0.5, 0.6) is 0 Å². The third-order valence-corrected chi connectivity index (χ3v) is 5.25. The Morgan fingerprint density at radius 3 is 2.38 bits per heavy atom. The predicted octanol–water partition coefficient (Wildman–Crippen LogP) is 4.12. The van der Waals surface area contributed by atoms with Gasteiger partial charge in [0.1, 0.15) is 5.82 Å². The molecule has 0 radical (unpaired) electrons. The normalized spacial score (nSPS) is 19.6. The van der Waals surface area contributed by atoms with Gasteiger partial charge in [-0.1, -0.05) is 38.8 Å². The van der Waals surface area contributed by atoms with Gasteiger partial charge in [-0.15, -0.1) is 0 Å². The standard InChI is InChI=1S/C18H29FN2/c1-4-18(5-2)9-11-21(12-10-18)17-15(13-14(3)20)7-6-8-16(17)19/h6-8,14H,4-5,9-13,20H2,1-3H3. The molecule has 0 saturated carbocycles. The van der Waals surface area contributed by atoms with Gasteiger partial charge in [-0.3, -0.25) is 0 Å². The van der Waals surface area contributed by atoms with Gasteiger partial charge in [-0.25, -0.2) is 4.39 Å². The summed E-state index contributed by atoms with van der Waals surface area (Å²) < 4.78 is 14.4. The van der Waals surface area contributed by atoms with Crippen LogP contribution < -0.4 is 10.6 Å². The van der Waals surface area contributed by atoms with Crippen LogP contribution in [-0.2, 0) is 6.42 Å². The summed E-state index contributed by atoms with van der Waals surface area (Å²) in [4.78, 5) is 2.23. The second-order valence-electron chi connectivity index (χ2n) is 6.62. The molecule has 1 heterocycles. The van der Waals surface area contributed by atoms with E-state index in [1.54, 1.807) is 12.1 Å². The van der Waals surface area contributed by atoms with Crippen LogP contribution in [0.4, 0.5) is 10.1 Å². The van der Waals surface area contributed by atoms with Crippen molar-refractivity contribution < 1.29 is 4.39 Å². The minimum absolute atomic E-state index is 0.0562. The summed E-state index contributed by atoms with van der Waals surface area (Å²) in [5.41, 5.74) is 8.21. The fourth-order valence-corrected chi connectivity index (χ4v) is 3.59. The fraction of sp³-hybridized carbons (Fsp3) is 0.667. The predicted molar refractivity (Wildman–Crippen MR) is 88.2 cm³/mol. The van der Waals surface area contributed by atoms with Gasteiger partial charge >= 0.3 is 0 Å². The molecule has 0 aromatic heterocycles. The molecule has 1 unspecified atom stereocenters. The highest BCUT2D eigenvalue weighted by Gasteiger charge is 2.32. The maximum Gasteiger partial charge on any atom is 0.146 e. The van der Waals surface area contributed by atoms with Gasteiger partial charge in [0.15, 0.2) is 0 Å². The van der Waals surface area contributed by atoms with Crippen molar-refractivity contribution in [2.45, 2.75) is 58.9 Å². The summed E-state index contributed by atoms with van der Waals surface area (Å²) in [7, 11) is 0. The smallest absolute Gasteiger partial charge is 0.146 e. The number of hydrogen-bond donors (Lipinski definition) is 1. The van der Waals surface area contributed by atoms with E-state index in [0.717, 1.165) is 43.6 Å². The third kappa shape index (κ3) is 3.57. The van der Waals surface area contributed by atoms with Crippen LogP contribution in [0.1, 0.15) is 52.0 Å². The average Bonchev–Trinajstić information content (AvgIpc) is 2.47. The van der Waals surface area contributed by atoms with Gasteiger partial charge in [0.2, 0.25) is 0 Å². The molecular formula is C18H29FN2. The topological polar surface area (TPSA) is 29.3 Å². The number of piperidine rings is 1. The van der Waals surface area contributed by atoms with E-state index < -0.39 is 0 Å². The van der Waals surface area contributed by atoms with Crippen LogP contribution in [0, 0.1) is 11.2 Å². The molecule has 0 spiro atoms. The second kappa shape index (κ2) is 6.78. The second-order valence-corrected chi connectivity index (χ2v) is 6.62. The van der Waals surface area contributed by atoms with Gasteiger partial charge in [-0.2, -0.15) is 0 Å². The Bertz CT molecular complexity index is 456. The number of nitrogens with zero attached hydrogens (tertiary/aromatic N) is 1. The van der Waals surface area contributed by atoms with E-state index in [4.69, 9.17) is 5.73 Å². The molecule has 1 aromatic rings. The Kier molecular flexibility index (Phi) is 5.26. The fourth-order valence-electron chi connectivity index (χ4n) is 3.59. The van der Waals surface area contributed by atoms with Crippen molar-refractivity contribution in [3.63, 3.8) is 0 Å². The lowest BCUT2D eigenvalue weighted by Crippen LogP contribution is -2.40. The van der Waals surface area contributed by atoms with E-state index in [-0.39, 0.29) is 11.9 Å². The van der Waals surface area contributed by atoms with Gasteiger partial charge in [-0.05, 0) is 43.2 Å². The van der Waals surface area contributed by atoms with E-state index in [1.807, 2.05) is 13.0 Å². The first kappa shape index (κ1) is 16.3. The van der Waals surface area contributed by atoms with Crippen molar-refractivity contribution >= 4 is 5.69 Å². The number of hydrogen-bond acceptors (Lipinski definition) is 2. The maximum absolute atomic E-state index is 14.4. The Hall–Kier alpha value is -1.09. The molecule has 118 valence electrons. The molecule has 0 amide bonds. The lowest BCUT2D eigenvalue weighted by atomic mass is 9.74. The summed E-state index contributed by atoms with van der Waals surface area (Å²) in [6.07, 6.45) is 5.50. The SMILES string of the molecule is CCC1(CC)CCN(c2c(F)cccc2CC(C)N)CC1. The number of nitrogens with two attached hydrogens (primary N) is 1. The molecule has 1 saturated heterocycles. The Labute approximate surface area is 128 Å². The highest BCUT2D eigenvalue weighted by molar-refractivity contribution is 5.55. The molecule has 2 nitrogen and oxygen atoms in total. The monoisotopic (exact) mass is 292 g/mol. The number of halogens is 1. The largest absolute Gasteiger partial charge is 0.369 e. The minimum Gasteiger partial charge on any atom is -0.369 e. The zero-order valence-corrected chi connectivity index (χ0v) is 13.7. The Morgan fingerprint density at radius 2 is 1.86 bits per heavy atom. The molecule has 21 heavy (non-hydrogen) atoms. The highest BCUT2D eigenvalue weighted by atomic mass is 19.1. The summed E-state index contributed by atoms with van der Waals surface area (Å²) in [6.45, 7) is 8.45. The Balaban J connectivity index is 2.20. The first-order valence-corrected chi connectivity index (χ1v) is 8.29. The number of para-hydroxylation sites is 1. The van der Waals surface area contributed by atoms with E-state index in [2.05, 4.69) is 18.7 Å². The lowest BCUT2D eigenvalue weighted by molar-refractivity contribution is 0.199. The number of rotatable bonds is 5. The van der Waals surface area contributed by atoms with Crippen molar-refractivity contribution in [3.05, 3.63) is 29.6 Å². The van der Waals surface area contributed by atoms with Crippen molar-refractivity contribution in [1.82, 2.24) is 0 Å². The summed E-state index contributed by atoms with van der Waals surface area (Å²) in [5.74, 6) is -0.103. The molecule has 2 rings (SSSR count). The molecule has 3 heteroatoms. The molecule has 1 aliphatic heterocycles. The summed E-state index contributed by atoms with van der Waals surface area (Å²) in [5, 5.41) is 0. The van der Waals surface area contributed by atoms with E-state index in [0.29, 0.717) is 5.41 Å². The third-order valence-electron chi connectivity index (χ3n) is 5.25. The van der Waals surface area contributed by atoms with Gasteiger partial charge in [0, 0.05) is 19.1 Å². The first-order valence-electron chi connectivity index (χ1n) is 8.29. The maximum atomic E-state index is 14.4. The van der Waals surface area contributed by atoms with Crippen molar-refractivity contribution in [2.24, 2.45) is 11.1 Å². The van der Waals surface area contributed by atoms with E-state index in [1.165, 1.54) is 12.8 Å². The molecule has 1 aliphatic rings.